The molecule has 2 N–H and O–H groups in total. The molecule has 1 heterocycles. The Morgan fingerprint density at radius 2 is 2.30 bits per heavy atom. The number of aliphatic hydroxyl groups excluding tert-OH is 1. The fourth-order valence-electron chi connectivity index (χ4n) is 1.88. The molecule has 1 unspecified atom stereocenters. The molecule has 1 aromatic rings. The first-order valence-electron chi connectivity index (χ1n) is 6.02. The first-order valence-corrected chi connectivity index (χ1v) is 7.50. The van der Waals surface area contributed by atoms with E-state index in [1.54, 1.807) is 0 Å². The van der Waals surface area contributed by atoms with Crippen LogP contribution in [0.2, 0.25) is 0 Å². The van der Waals surface area contributed by atoms with E-state index in [0.717, 1.165) is 18.2 Å². The standard InChI is InChI=1S/C13H14FNO4S/c14-11-3-4-13(10(8-11)2-1-6-16)20(17,18)15-12-5-7-19-9-12/h3-4,8,12,15-16H,5-7,9H2. The molecule has 0 amide bonds. The highest BCUT2D eigenvalue weighted by Crippen LogP contribution is 2.18. The monoisotopic (exact) mass is 299 g/mol. The summed E-state index contributed by atoms with van der Waals surface area (Å²) in [7, 11) is -3.80. The molecule has 0 spiro atoms. The summed E-state index contributed by atoms with van der Waals surface area (Å²) in [6.07, 6.45) is 0.595. The van der Waals surface area contributed by atoms with Crippen LogP contribution in [0.25, 0.3) is 0 Å². The molecule has 0 aromatic heterocycles. The lowest BCUT2D eigenvalue weighted by Gasteiger charge is -2.12. The third-order valence-electron chi connectivity index (χ3n) is 2.78. The van der Waals surface area contributed by atoms with Crippen LogP contribution in [0.15, 0.2) is 23.1 Å². The Balaban J connectivity index is 2.34. The molecule has 1 fully saturated rings. The molecule has 20 heavy (non-hydrogen) atoms. The van der Waals surface area contributed by atoms with Crippen LogP contribution >= 0.6 is 0 Å². The van der Waals surface area contributed by atoms with Crippen molar-refractivity contribution in [3.05, 3.63) is 29.6 Å². The summed E-state index contributed by atoms with van der Waals surface area (Å²) < 4.78 is 45.3. The van der Waals surface area contributed by atoms with Gasteiger partial charge in [-0.1, -0.05) is 11.8 Å². The van der Waals surface area contributed by atoms with Crippen molar-refractivity contribution in [2.24, 2.45) is 0 Å². The molecular weight excluding hydrogens is 285 g/mol. The second-order valence-corrected chi connectivity index (χ2v) is 5.96. The van der Waals surface area contributed by atoms with Gasteiger partial charge in [0.05, 0.1) is 11.5 Å². The summed E-state index contributed by atoms with van der Waals surface area (Å²) in [6, 6.07) is 2.96. The molecule has 0 bridgehead atoms. The van der Waals surface area contributed by atoms with Gasteiger partial charge in [-0.15, -0.1) is 0 Å². The van der Waals surface area contributed by atoms with E-state index in [9.17, 15) is 12.8 Å². The minimum Gasteiger partial charge on any atom is -0.384 e. The second kappa shape index (κ2) is 6.33. The summed E-state index contributed by atoms with van der Waals surface area (Å²) >= 11 is 0. The van der Waals surface area contributed by atoms with E-state index in [1.807, 2.05) is 0 Å². The molecule has 1 aromatic carbocycles. The van der Waals surface area contributed by atoms with Crippen LogP contribution in [0.3, 0.4) is 0 Å². The first kappa shape index (κ1) is 14.9. The highest BCUT2D eigenvalue weighted by atomic mass is 32.2. The van der Waals surface area contributed by atoms with Gasteiger partial charge in [-0.2, -0.15) is 0 Å². The first-order chi connectivity index (χ1) is 9.53. The van der Waals surface area contributed by atoms with Gasteiger partial charge in [0, 0.05) is 18.2 Å². The third kappa shape index (κ3) is 3.55. The minimum absolute atomic E-state index is 0.0189. The number of benzene rings is 1. The third-order valence-corrected chi connectivity index (χ3v) is 4.36. The van der Waals surface area contributed by atoms with Crippen LogP contribution < -0.4 is 4.72 Å². The van der Waals surface area contributed by atoms with Gasteiger partial charge in [-0.25, -0.2) is 17.5 Å². The zero-order valence-electron chi connectivity index (χ0n) is 10.6. The lowest BCUT2D eigenvalue weighted by atomic mass is 10.2. The van der Waals surface area contributed by atoms with E-state index < -0.39 is 22.4 Å². The van der Waals surface area contributed by atoms with E-state index in [2.05, 4.69) is 16.6 Å². The number of sulfonamides is 1. The molecule has 5 nitrogen and oxygen atoms in total. The number of aliphatic hydroxyl groups is 1. The van der Waals surface area contributed by atoms with Gasteiger partial charge in [-0.05, 0) is 24.6 Å². The van der Waals surface area contributed by atoms with E-state index in [0.29, 0.717) is 19.6 Å². The van der Waals surface area contributed by atoms with Crippen LogP contribution in [0.4, 0.5) is 4.39 Å². The summed E-state index contributed by atoms with van der Waals surface area (Å²) in [4.78, 5) is -0.105. The van der Waals surface area contributed by atoms with E-state index in [4.69, 9.17) is 9.84 Å². The fourth-order valence-corrected chi connectivity index (χ4v) is 3.28. The Labute approximate surface area is 116 Å². The van der Waals surface area contributed by atoms with Crippen molar-refractivity contribution in [1.82, 2.24) is 4.72 Å². The zero-order chi connectivity index (χ0) is 14.6. The van der Waals surface area contributed by atoms with Crippen molar-refractivity contribution >= 4 is 10.0 Å². The second-order valence-electron chi connectivity index (χ2n) is 4.28. The number of halogens is 1. The largest absolute Gasteiger partial charge is 0.384 e. The molecule has 7 heteroatoms. The predicted molar refractivity (Wildman–Crippen MR) is 69.9 cm³/mol. The van der Waals surface area contributed by atoms with Crippen molar-refractivity contribution in [2.75, 3.05) is 19.8 Å². The number of nitrogens with one attached hydrogen (secondary N) is 1. The average Bonchev–Trinajstić information content (AvgIpc) is 2.88. The quantitative estimate of drug-likeness (QED) is 0.784. The van der Waals surface area contributed by atoms with Gasteiger partial charge in [-0.3, -0.25) is 0 Å². The Morgan fingerprint density at radius 3 is 2.95 bits per heavy atom. The Kier molecular flexibility index (Phi) is 4.73. The summed E-state index contributed by atoms with van der Waals surface area (Å²) in [6.45, 7) is 0.395. The van der Waals surface area contributed by atoms with Crippen molar-refractivity contribution in [3.63, 3.8) is 0 Å². The van der Waals surface area contributed by atoms with Crippen molar-refractivity contribution < 1.29 is 22.7 Å². The van der Waals surface area contributed by atoms with Crippen molar-refractivity contribution in [3.8, 4) is 11.8 Å². The topological polar surface area (TPSA) is 75.6 Å². The van der Waals surface area contributed by atoms with Crippen LogP contribution in [-0.2, 0) is 14.8 Å². The molecule has 108 valence electrons. The summed E-state index contributed by atoms with van der Waals surface area (Å²) in [5.41, 5.74) is 0.0189. The van der Waals surface area contributed by atoms with Gasteiger partial charge in [0.15, 0.2) is 0 Å². The number of rotatable bonds is 3. The maximum absolute atomic E-state index is 13.2. The number of hydrogen-bond acceptors (Lipinski definition) is 4. The van der Waals surface area contributed by atoms with Crippen LogP contribution in [0.5, 0.6) is 0 Å². The minimum atomic E-state index is -3.80. The fraction of sp³-hybridized carbons (Fsp3) is 0.385. The zero-order valence-corrected chi connectivity index (χ0v) is 11.4. The molecule has 0 aliphatic carbocycles. The molecule has 1 saturated heterocycles. The summed E-state index contributed by atoms with van der Waals surface area (Å²) in [5, 5.41) is 8.67. The SMILES string of the molecule is O=S(=O)(NC1CCOC1)c1ccc(F)cc1C#CCO. The predicted octanol–water partition coefficient (Wildman–Crippen LogP) is 0.237. The molecule has 2 rings (SSSR count). The maximum atomic E-state index is 13.2. The Hall–Kier alpha value is -1.46. The lowest BCUT2D eigenvalue weighted by molar-refractivity contribution is 0.192. The molecule has 0 saturated carbocycles. The Morgan fingerprint density at radius 1 is 1.50 bits per heavy atom. The molecule has 0 radical (unpaired) electrons. The molecular formula is C13H14FNO4S. The smallest absolute Gasteiger partial charge is 0.242 e. The highest BCUT2D eigenvalue weighted by Gasteiger charge is 2.25. The van der Waals surface area contributed by atoms with Crippen molar-refractivity contribution in [1.29, 1.82) is 0 Å². The van der Waals surface area contributed by atoms with E-state index in [1.165, 1.54) is 0 Å². The summed E-state index contributed by atoms with van der Waals surface area (Å²) in [5.74, 6) is 4.18. The van der Waals surface area contributed by atoms with E-state index >= 15 is 0 Å². The van der Waals surface area contributed by atoms with Crippen LogP contribution in [0, 0.1) is 17.7 Å². The molecule has 1 aliphatic heterocycles. The normalized spacial score (nSPS) is 18.6. The Bertz CT molecular complexity index is 642. The van der Waals surface area contributed by atoms with Gasteiger partial charge < -0.3 is 9.84 Å². The van der Waals surface area contributed by atoms with Crippen molar-refractivity contribution in [2.45, 2.75) is 17.4 Å². The van der Waals surface area contributed by atoms with E-state index in [-0.39, 0.29) is 16.5 Å². The van der Waals surface area contributed by atoms with Gasteiger partial charge >= 0.3 is 0 Å². The maximum Gasteiger partial charge on any atom is 0.242 e. The van der Waals surface area contributed by atoms with Gasteiger partial charge in [0.1, 0.15) is 12.4 Å². The average molecular weight is 299 g/mol. The number of hydrogen-bond donors (Lipinski definition) is 2. The van der Waals surface area contributed by atoms with Gasteiger partial charge in [0.25, 0.3) is 0 Å². The lowest BCUT2D eigenvalue weighted by Crippen LogP contribution is -2.35. The highest BCUT2D eigenvalue weighted by molar-refractivity contribution is 7.89. The van der Waals surface area contributed by atoms with Crippen LogP contribution in [-0.4, -0.2) is 39.4 Å². The molecule has 1 aliphatic rings. The van der Waals surface area contributed by atoms with Crippen LogP contribution in [0.1, 0.15) is 12.0 Å². The molecule has 1 atom stereocenters. The van der Waals surface area contributed by atoms with Gasteiger partial charge in [0.2, 0.25) is 10.0 Å². The number of ether oxygens (including phenoxy) is 1.